The van der Waals surface area contributed by atoms with Crippen LogP contribution in [0.25, 0.3) is 11.4 Å². The molecule has 4 nitrogen and oxygen atoms in total. The third-order valence-corrected chi connectivity index (χ3v) is 2.56. The Balaban J connectivity index is 2.38. The topological polar surface area (TPSA) is 39.9 Å². The molecule has 0 aliphatic rings. The molecule has 0 radical (unpaired) electrons. The molecule has 0 atom stereocenters. The van der Waals surface area contributed by atoms with Crippen LogP contribution >= 0.6 is 11.6 Å². The van der Waals surface area contributed by atoms with E-state index >= 15 is 0 Å². The maximum Gasteiger partial charge on any atom is 0.166 e. The van der Waals surface area contributed by atoms with Crippen molar-refractivity contribution in [2.24, 2.45) is 0 Å². The third kappa shape index (κ3) is 2.62. The zero-order chi connectivity index (χ0) is 12.3. The molecule has 0 unspecified atom stereocenters. The van der Waals surface area contributed by atoms with E-state index in [0.717, 1.165) is 0 Å². The molecule has 1 heterocycles. The highest BCUT2D eigenvalue weighted by atomic mass is 35.5. The Morgan fingerprint density at radius 2 is 2.29 bits per heavy atom. The molecule has 0 N–H and O–H groups in total. The number of hydrogen-bond acceptors (Lipinski definition) is 3. The minimum Gasteiger partial charge on any atom is -0.383 e. The fraction of sp³-hybridized carbons (Fsp3) is 0.273. The second-order valence-corrected chi connectivity index (χ2v) is 3.90. The summed E-state index contributed by atoms with van der Waals surface area (Å²) in [6, 6.07) is 4.34. The molecule has 6 heteroatoms. The summed E-state index contributed by atoms with van der Waals surface area (Å²) in [6.07, 6.45) is 1.54. The zero-order valence-electron chi connectivity index (χ0n) is 9.23. The molecule has 2 aromatic rings. The van der Waals surface area contributed by atoms with Crippen LogP contribution in [0.5, 0.6) is 0 Å². The second-order valence-electron chi connectivity index (χ2n) is 3.46. The number of halogens is 2. The first kappa shape index (κ1) is 12.0. The first-order chi connectivity index (χ1) is 8.22. The molecule has 90 valence electrons. The van der Waals surface area contributed by atoms with Crippen molar-refractivity contribution in [3.05, 3.63) is 35.4 Å². The first-order valence-electron chi connectivity index (χ1n) is 5.04. The van der Waals surface area contributed by atoms with Crippen LogP contribution in [-0.2, 0) is 11.3 Å². The van der Waals surface area contributed by atoms with Gasteiger partial charge in [0.15, 0.2) is 5.82 Å². The highest BCUT2D eigenvalue weighted by Crippen LogP contribution is 2.24. The molecule has 0 saturated carbocycles. The molecule has 0 amide bonds. The molecule has 0 aliphatic carbocycles. The number of ether oxygens (including phenoxy) is 1. The van der Waals surface area contributed by atoms with Crippen LogP contribution in [-0.4, -0.2) is 28.5 Å². The summed E-state index contributed by atoms with van der Waals surface area (Å²) in [5.41, 5.74) is 0.339. The van der Waals surface area contributed by atoms with Crippen LogP contribution in [0.4, 0.5) is 4.39 Å². The Morgan fingerprint density at radius 3 is 3.06 bits per heavy atom. The van der Waals surface area contributed by atoms with Gasteiger partial charge in [0, 0.05) is 18.7 Å². The van der Waals surface area contributed by atoms with Gasteiger partial charge in [-0.3, -0.25) is 0 Å². The summed E-state index contributed by atoms with van der Waals surface area (Å²) in [6.45, 7) is 1.07. The lowest BCUT2D eigenvalue weighted by Gasteiger charge is -2.06. The average Bonchev–Trinajstić information content (AvgIpc) is 2.77. The largest absolute Gasteiger partial charge is 0.383 e. The number of methoxy groups -OCH3 is 1. The third-order valence-electron chi connectivity index (χ3n) is 2.32. The molecule has 0 fully saturated rings. The van der Waals surface area contributed by atoms with Crippen LogP contribution < -0.4 is 0 Å². The van der Waals surface area contributed by atoms with E-state index in [9.17, 15) is 4.39 Å². The Hall–Kier alpha value is -1.46. The highest BCUT2D eigenvalue weighted by molar-refractivity contribution is 6.30. The number of rotatable bonds is 4. The number of aromatic nitrogens is 3. The standard InChI is InChI=1S/C11H11ClFN3O/c1-17-5-4-16-7-14-15-11(16)9-6-8(12)2-3-10(9)13/h2-3,6-7H,4-5H2,1H3. The molecular formula is C11H11ClFN3O. The van der Waals surface area contributed by atoms with Gasteiger partial charge in [-0.25, -0.2) is 4.39 Å². The summed E-state index contributed by atoms with van der Waals surface area (Å²) in [7, 11) is 1.60. The molecule has 1 aromatic heterocycles. The summed E-state index contributed by atoms with van der Waals surface area (Å²) in [5.74, 6) is 0.0723. The SMILES string of the molecule is COCCn1cnnc1-c1cc(Cl)ccc1F. The van der Waals surface area contributed by atoms with Gasteiger partial charge in [-0.15, -0.1) is 10.2 Å². The molecule has 0 bridgehead atoms. The predicted molar refractivity (Wildman–Crippen MR) is 62.3 cm³/mol. The molecule has 1 aromatic carbocycles. The molecule has 0 saturated heterocycles. The van der Waals surface area contributed by atoms with Crippen molar-refractivity contribution in [3.63, 3.8) is 0 Å². The fourth-order valence-corrected chi connectivity index (χ4v) is 1.66. The van der Waals surface area contributed by atoms with Crippen LogP contribution in [0.2, 0.25) is 5.02 Å². The van der Waals surface area contributed by atoms with Crippen molar-refractivity contribution in [2.45, 2.75) is 6.54 Å². The van der Waals surface area contributed by atoms with Crippen LogP contribution in [0.15, 0.2) is 24.5 Å². The Kier molecular flexibility index (Phi) is 3.71. The van der Waals surface area contributed by atoms with Gasteiger partial charge in [0.25, 0.3) is 0 Å². The molecule has 0 aliphatic heterocycles. The molecule has 0 spiro atoms. The number of benzene rings is 1. The average molecular weight is 256 g/mol. The van der Waals surface area contributed by atoms with E-state index in [-0.39, 0.29) is 5.82 Å². The summed E-state index contributed by atoms with van der Waals surface area (Å²) in [4.78, 5) is 0. The van der Waals surface area contributed by atoms with E-state index in [1.165, 1.54) is 24.5 Å². The molecule has 17 heavy (non-hydrogen) atoms. The van der Waals surface area contributed by atoms with Crippen molar-refractivity contribution < 1.29 is 9.13 Å². The smallest absolute Gasteiger partial charge is 0.166 e. The van der Waals surface area contributed by atoms with Crippen molar-refractivity contribution in [1.82, 2.24) is 14.8 Å². The van der Waals surface area contributed by atoms with Gasteiger partial charge >= 0.3 is 0 Å². The van der Waals surface area contributed by atoms with E-state index in [1.807, 2.05) is 0 Å². The molecular weight excluding hydrogens is 245 g/mol. The quantitative estimate of drug-likeness (QED) is 0.842. The normalized spacial score (nSPS) is 10.8. The first-order valence-corrected chi connectivity index (χ1v) is 5.42. The Bertz CT molecular complexity index is 515. The second kappa shape index (κ2) is 5.25. The minimum atomic E-state index is -0.374. The van der Waals surface area contributed by atoms with E-state index < -0.39 is 0 Å². The summed E-state index contributed by atoms with van der Waals surface area (Å²) < 4.78 is 20.3. The maximum absolute atomic E-state index is 13.7. The van der Waals surface area contributed by atoms with Gasteiger partial charge in [-0.05, 0) is 18.2 Å². The van der Waals surface area contributed by atoms with Gasteiger partial charge in [0.2, 0.25) is 0 Å². The van der Waals surface area contributed by atoms with E-state index in [0.29, 0.717) is 29.6 Å². The van der Waals surface area contributed by atoms with Crippen molar-refractivity contribution in [1.29, 1.82) is 0 Å². The molecule has 2 rings (SSSR count). The lowest BCUT2D eigenvalue weighted by Crippen LogP contribution is -2.05. The maximum atomic E-state index is 13.7. The summed E-state index contributed by atoms with van der Waals surface area (Å²) >= 11 is 5.84. The van der Waals surface area contributed by atoms with E-state index in [2.05, 4.69) is 10.2 Å². The predicted octanol–water partition coefficient (Wildman–Crippen LogP) is 2.38. The van der Waals surface area contributed by atoms with Gasteiger partial charge in [0.1, 0.15) is 12.1 Å². The van der Waals surface area contributed by atoms with Crippen LogP contribution in [0, 0.1) is 5.82 Å². The van der Waals surface area contributed by atoms with Gasteiger partial charge in [0.05, 0.1) is 12.2 Å². The monoisotopic (exact) mass is 255 g/mol. The van der Waals surface area contributed by atoms with E-state index in [4.69, 9.17) is 16.3 Å². The zero-order valence-corrected chi connectivity index (χ0v) is 9.99. The Labute approximate surface area is 103 Å². The lowest BCUT2D eigenvalue weighted by molar-refractivity contribution is 0.187. The number of hydrogen-bond donors (Lipinski definition) is 0. The lowest BCUT2D eigenvalue weighted by atomic mass is 10.2. The van der Waals surface area contributed by atoms with Gasteiger partial charge in [-0.1, -0.05) is 11.6 Å². The summed E-state index contributed by atoms with van der Waals surface area (Å²) in [5, 5.41) is 8.13. The van der Waals surface area contributed by atoms with Crippen LogP contribution in [0.1, 0.15) is 0 Å². The Morgan fingerprint density at radius 1 is 1.47 bits per heavy atom. The van der Waals surface area contributed by atoms with Gasteiger partial charge in [-0.2, -0.15) is 0 Å². The van der Waals surface area contributed by atoms with Crippen molar-refractivity contribution >= 4 is 11.6 Å². The van der Waals surface area contributed by atoms with Crippen molar-refractivity contribution in [2.75, 3.05) is 13.7 Å². The van der Waals surface area contributed by atoms with Crippen molar-refractivity contribution in [3.8, 4) is 11.4 Å². The van der Waals surface area contributed by atoms with Gasteiger partial charge < -0.3 is 9.30 Å². The minimum absolute atomic E-state index is 0.339. The number of nitrogens with zero attached hydrogens (tertiary/aromatic N) is 3. The van der Waals surface area contributed by atoms with E-state index in [1.54, 1.807) is 11.7 Å². The highest BCUT2D eigenvalue weighted by Gasteiger charge is 2.12. The van der Waals surface area contributed by atoms with Crippen LogP contribution in [0.3, 0.4) is 0 Å². The fourth-order valence-electron chi connectivity index (χ4n) is 1.49.